The Hall–Kier alpha value is -3.26. The molecule has 32 heavy (non-hydrogen) atoms. The van der Waals surface area contributed by atoms with Crippen LogP contribution in [0.2, 0.25) is 0 Å². The summed E-state index contributed by atoms with van der Waals surface area (Å²) in [6, 6.07) is 11.4. The van der Waals surface area contributed by atoms with E-state index >= 15 is 0 Å². The van der Waals surface area contributed by atoms with E-state index in [2.05, 4.69) is 20.3 Å². The third-order valence-electron chi connectivity index (χ3n) is 5.91. The number of piperidine rings is 1. The number of carbonyl (C=O) groups excluding carboxylic acids is 2. The molecule has 2 aromatic heterocycles. The van der Waals surface area contributed by atoms with Gasteiger partial charge in [0.15, 0.2) is 0 Å². The summed E-state index contributed by atoms with van der Waals surface area (Å²) in [7, 11) is 0. The Morgan fingerprint density at radius 2 is 2.00 bits per heavy atom. The summed E-state index contributed by atoms with van der Waals surface area (Å²) >= 11 is 1.62. The van der Waals surface area contributed by atoms with E-state index in [1.165, 1.54) is 0 Å². The predicted octanol–water partition coefficient (Wildman–Crippen LogP) is 4.67. The van der Waals surface area contributed by atoms with E-state index in [0.717, 1.165) is 57.2 Å². The third kappa shape index (κ3) is 4.23. The molecular weight excluding hydrogens is 422 g/mol. The lowest BCUT2D eigenvalue weighted by molar-refractivity contribution is -0.117. The first-order chi connectivity index (χ1) is 15.4. The number of hydrogen-bond acceptors (Lipinski definition) is 5. The van der Waals surface area contributed by atoms with Crippen molar-refractivity contribution in [3.63, 3.8) is 0 Å². The number of H-pyrrole nitrogens is 1. The molecule has 2 N–H and O–H groups in total. The van der Waals surface area contributed by atoms with Gasteiger partial charge in [0.25, 0.3) is 5.91 Å². The second-order valence-corrected chi connectivity index (χ2v) is 9.72. The maximum Gasteiger partial charge on any atom is 0.253 e. The second kappa shape index (κ2) is 8.35. The monoisotopic (exact) mass is 447 g/mol. The average molecular weight is 448 g/mol. The molecule has 1 aliphatic rings. The number of amides is 2. The number of aryl methyl sites for hydroxylation is 2. The van der Waals surface area contributed by atoms with Crippen LogP contribution in [0.3, 0.4) is 0 Å². The van der Waals surface area contributed by atoms with Crippen molar-refractivity contribution >= 4 is 50.1 Å². The Balaban J connectivity index is 1.22. The van der Waals surface area contributed by atoms with Gasteiger partial charge in [-0.25, -0.2) is 9.97 Å². The molecule has 1 aliphatic heterocycles. The quantitative estimate of drug-likeness (QED) is 0.476. The molecule has 2 aromatic carbocycles. The zero-order valence-corrected chi connectivity index (χ0v) is 19.0. The summed E-state index contributed by atoms with van der Waals surface area (Å²) in [5, 5.41) is 4.03. The Morgan fingerprint density at radius 1 is 1.16 bits per heavy atom. The highest BCUT2D eigenvalue weighted by atomic mass is 32.1. The molecule has 2 amide bonds. The van der Waals surface area contributed by atoms with Crippen LogP contribution < -0.4 is 5.32 Å². The molecule has 0 bridgehead atoms. The number of rotatable bonds is 4. The van der Waals surface area contributed by atoms with Crippen LogP contribution in [-0.4, -0.2) is 44.8 Å². The molecule has 7 nitrogen and oxygen atoms in total. The maximum absolute atomic E-state index is 13.1. The van der Waals surface area contributed by atoms with Crippen LogP contribution in [0.25, 0.3) is 21.3 Å². The minimum Gasteiger partial charge on any atom is -0.342 e. The highest BCUT2D eigenvalue weighted by molar-refractivity contribution is 7.18. The molecule has 5 rings (SSSR count). The molecule has 1 fully saturated rings. The van der Waals surface area contributed by atoms with Crippen molar-refractivity contribution in [3.05, 3.63) is 52.8 Å². The molecule has 0 saturated carbocycles. The van der Waals surface area contributed by atoms with Crippen molar-refractivity contribution in [1.29, 1.82) is 0 Å². The number of benzene rings is 2. The van der Waals surface area contributed by atoms with Crippen LogP contribution in [0.15, 0.2) is 36.4 Å². The number of likely N-dealkylation sites (tertiary alicyclic amines) is 1. The lowest BCUT2D eigenvalue weighted by Gasteiger charge is -2.32. The molecule has 4 aromatic rings. The number of carbonyl (C=O) groups is 2. The van der Waals surface area contributed by atoms with Gasteiger partial charge in [0.2, 0.25) is 5.91 Å². The lowest BCUT2D eigenvalue weighted by Crippen LogP contribution is -2.40. The normalized spacial score (nSPS) is 16.6. The summed E-state index contributed by atoms with van der Waals surface area (Å²) in [6.07, 6.45) is 2.26. The van der Waals surface area contributed by atoms with E-state index in [1.807, 2.05) is 55.1 Å². The smallest absolute Gasteiger partial charge is 0.253 e. The second-order valence-electron chi connectivity index (χ2n) is 8.48. The number of nitrogens with zero attached hydrogens (tertiary/aromatic N) is 3. The van der Waals surface area contributed by atoms with Crippen LogP contribution in [0.4, 0.5) is 5.69 Å². The van der Waals surface area contributed by atoms with Gasteiger partial charge in [-0.15, -0.1) is 11.3 Å². The first-order valence-electron chi connectivity index (χ1n) is 10.9. The van der Waals surface area contributed by atoms with Gasteiger partial charge in [-0.3, -0.25) is 9.59 Å². The van der Waals surface area contributed by atoms with Crippen molar-refractivity contribution in [2.24, 2.45) is 5.92 Å². The number of imidazole rings is 1. The van der Waals surface area contributed by atoms with Crippen molar-refractivity contribution < 1.29 is 9.59 Å². The fraction of sp³-hybridized carbons (Fsp3) is 0.333. The number of hydrogen-bond donors (Lipinski definition) is 2. The first-order valence-corrected chi connectivity index (χ1v) is 11.7. The van der Waals surface area contributed by atoms with Crippen LogP contribution in [-0.2, 0) is 4.79 Å². The summed E-state index contributed by atoms with van der Waals surface area (Å²) < 4.78 is 1.07. The number of nitrogens with one attached hydrogen (secondary N) is 2. The highest BCUT2D eigenvalue weighted by Gasteiger charge is 2.26. The summed E-state index contributed by atoms with van der Waals surface area (Å²) in [4.78, 5) is 39.7. The molecule has 1 unspecified atom stereocenters. The Labute approximate surface area is 189 Å². The van der Waals surface area contributed by atoms with Crippen LogP contribution in [0, 0.1) is 19.8 Å². The highest BCUT2D eigenvalue weighted by Crippen LogP contribution is 2.26. The van der Waals surface area contributed by atoms with E-state index in [4.69, 9.17) is 0 Å². The van der Waals surface area contributed by atoms with Gasteiger partial charge in [-0.1, -0.05) is 0 Å². The number of thiazole rings is 1. The van der Waals surface area contributed by atoms with Gasteiger partial charge >= 0.3 is 0 Å². The average Bonchev–Trinajstić information content (AvgIpc) is 3.32. The van der Waals surface area contributed by atoms with Crippen molar-refractivity contribution in [2.75, 3.05) is 18.4 Å². The molecule has 1 atom stereocenters. The fourth-order valence-electron chi connectivity index (χ4n) is 4.46. The van der Waals surface area contributed by atoms with E-state index < -0.39 is 0 Å². The van der Waals surface area contributed by atoms with Crippen molar-refractivity contribution in [1.82, 2.24) is 19.9 Å². The molecular formula is C24H25N5O2S. The molecule has 3 heterocycles. The van der Waals surface area contributed by atoms with Crippen molar-refractivity contribution in [3.8, 4) is 0 Å². The van der Waals surface area contributed by atoms with Gasteiger partial charge < -0.3 is 15.2 Å². The minimum absolute atomic E-state index is 0.00952. The van der Waals surface area contributed by atoms with Gasteiger partial charge in [0.1, 0.15) is 5.82 Å². The number of aromatic nitrogens is 3. The maximum atomic E-state index is 13.1. The van der Waals surface area contributed by atoms with E-state index in [-0.39, 0.29) is 17.7 Å². The zero-order chi connectivity index (χ0) is 22.2. The topological polar surface area (TPSA) is 91.0 Å². The third-order valence-corrected chi connectivity index (χ3v) is 6.84. The summed E-state index contributed by atoms with van der Waals surface area (Å²) in [6.45, 7) is 5.20. The van der Waals surface area contributed by atoms with E-state index in [9.17, 15) is 9.59 Å². The van der Waals surface area contributed by atoms with Gasteiger partial charge in [-0.05, 0) is 69.0 Å². The Morgan fingerprint density at radius 3 is 2.88 bits per heavy atom. The fourth-order valence-corrected chi connectivity index (χ4v) is 5.33. The number of fused-ring (bicyclic) bond motifs is 2. The minimum atomic E-state index is -0.0146. The van der Waals surface area contributed by atoms with Crippen molar-refractivity contribution in [2.45, 2.75) is 33.1 Å². The zero-order valence-electron chi connectivity index (χ0n) is 18.1. The molecule has 8 heteroatoms. The summed E-state index contributed by atoms with van der Waals surface area (Å²) in [5.74, 6) is 0.980. The molecule has 164 valence electrons. The SMILES string of the molecule is Cc1nc2ccc(C(=O)N3CCCC(CC(=O)Nc4ccc5nc(C)sc5c4)C3)cc2[nH]1. The standard InChI is InChI=1S/C24H25N5O2S/c1-14-25-19-7-5-17(11-21(19)26-14)24(31)29-9-3-4-16(13-29)10-23(30)28-18-6-8-20-22(12-18)32-15(2)27-20/h5-8,11-12,16H,3-4,9-10,13H2,1-2H3,(H,25,26)(H,28,30). The van der Waals surface area contributed by atoms with Crippen LogP contribution in [0.5, 0.6) is 0 Å². The molecule has 1 saturated heterocycles. The number of aromatic amines is 1. The Kier molecular flexibility index (Phi) is 5.38. The summed E-state index contributed by atoms with van der Waals surface area (Å²) in [5.41, 5.74) is 4.13. The van der Waals surface area contributed by atoms with Gasteiger partial charge in [0, 0.05) is 30.8 Å². The van der Waals surface area contributed by atoms with E-state index in [0.29, 0.717) is 18.5 Å². The van der Waals surface area contributed by atoms with Crippen LogP contribution >= 0.6 is 11.3 Å². The number of anilines is 1. The predicted molar refractivity (Wildman–Crippen MR) is 127 cm³/mol. The lowest BCUT2D eigenvalue weighted by atomic mass is 9.94. The molecule has 0 spiro atoms. The Bertz CT molecular complexity index is 1320. The van der Waals surface area contributed by atoms with E-state index in [1.54, 1.807) is 11.3 Å². The molecule has 0 radical (unpaired) electrons. The first kappa shape index (κ1) is 20.6. The largest absolute Gasteiger partial charge is 0.342 e. The van der Waals surface area contributed by atoms with Gasteiger partial charge in [0.05, 0.1) is 26.3 Å². The molecule has 0 aliphatic carbocycles. The van der Waals surface area contributed by atoms with Crippen LogP contribution in [0.1, 0.15) is 40.5 Å². The van der Waals surface area contributed by atoms with Gasteiger partial charge in [-0.2, -0.15) is 0 Å².